The molecule has 0 fully saturated rings. The molecule has 0 bridgehead atoms. The first kappa shape index (κ1) is 13.0. The monoisotopic (exact) mass is 280 g/mol. The van der Waals surface area contributed by atoms with E-state index < -0.39 is 0 Å². The van der Waals surface area contributed by atoms with Crippen LogP contribution >= 0.6 is 11.8 Å². The maximum Gasteiger partial charge on any atom is 0.0705 e. The van der Waals surface area contributed by atoms with Crippen molar-refractivity contribution in [3.05, 3.63) is 65.9 Å². The lowest BCUT2D eigenvalue weighted by Crippen LogP contribution is -1.90. The molecule has 2 aromatic carbocycles. The number of benzene rings is 2. The van der Waals surface area contributed by atoms with E-state index in [2.05, 4.69) is 37.3 Å². The molecular formula is C17H16N2S. The third-order valence-electron chi connectivity index (χ3n) is 3.24. The van der Waals surface area contributed by atoms with Gasteiger partial charge in [0.05, 0.1) is 11.2 Å². The maximum atomic E-state index is 5.84. The van der Waals surface area contributed by atoms with Crippen LogP contribution in [0.4, 0.5) is 5.69 Å². The van der Waals surface area contributed by atoms with Crippen molar-refractivity contribution >= 4 is 28.4 Å². The molecule has 3 rings (SSSR count). The predicted octanol–water partition coefficient (Wildman–Crippen LogP) is 4.42. The van der Waals surface area contributed by atoms with Gasteiger partial charge in [-0.05, 0) is 36.8 Å². The summed E-state index contributed by atoms with van der Waals surface area (Å²) in [5.74, 6) is 0.856. The molecule has 20 heavy (non-hydrogen) atoms. The smallest absolute Gasteiger partial charge is 0.0705 e. The molecule has 2 nitrogen and oxygen atoms in total. The van der Waals surface area contributed by atoms with Crippen molar-refractivity contribution in [1.29, 1.82) is 0 Å². The summed E-state index contributed by atoms with van der Waals surface area (Å²) in [6.07, 6.45) is 0. The van der Waals surface area contributed by atoms with Gasteiger partial charge in [-0.3, -0.25) is 4.98 Å². The van der Waals surface area contributed by atoms with Crippen LogP contribution in [0.2, 0.25) is 0 Å². The molecule has 0 aliphatic carbocycles. The Hall–Kier alpha value is -2.00. The Labute approximate surface area is 123 Å². The summed E-state index contributed by atoms with van der Waals surface area (Å²) in [6, 6.07) is 18.4. The number of nitrogen functional groups attached to an aromatic ring is 1. The molecular weight excluding hydrogens is 264 g/mol. The van der Waals surface area contributed by atoms with Gasteiger partial charge in [0.2, 0.25) is 0 Å². The second-order valence-corrected chi connectivity index (χ2v) is 5.83. The van der Waals surface area contributed by atoms with Gasteiger partial charge in [0.25, 0.3) is 0 Å². The Kier molecular flexibility index (Phi) is 3.61. The molecule has 0 spiro atoms. The summed E-state index contributed by atoms with van der Waals surface area (Å²) in [5, 5.41) is 1.18. The van der Waals surface area contributed by atoms with Crippen LogP contribution in [0.1, 0.15) is 11.3 Å². The Morgan fingerprint density at radius 3 is 2.80 bits per heavy atom. The van der Waals surface area contributed by atoms with Crippen molar-refractivity contribution in [2.45, 2.75) is 17.6 Å². The lowest BCUT2D eigenvalue weighted by Gasteiger charge is -2.07. The van der Waals surface area contributed by atoms with Gasteiger partial charge in [0.15, 0.2) is 0 Å². The van der Waals surface area contributed by atoms with Crippen molar-refractivity contribution in [2.75, 3.05) is 5.73 Å². The van der Waals surface area contributed by atoms with E-state index in [-0.39, 0.29) is 0 Å². The van der Waals surface area contributed by atoms with Crippen molar-refractivity contribution in [3.8, 4) is 0 Å². The van der Waals surface area contributed by atoms with E-state index in [1.54, 1.807) is 11.8 Å². The van der Waals surface area contributed by atoms with E-state index in [4.69, 9.17) is 10.7 Å². The van der Waals surface area contributed by atoms with Crippen molar-refractivity contribution in [1.82, 2.24) is 4.98 Å². The minimum absolute atomic E-state index is 0.810. The van der Waals surface area contributed by atoms with Gasteiger partial charge in [0.1, 0.15) is 0 Å². The van der Waals surface area contributed by atoms with E-state index in [9.17, 15) is 0 Å². The second-order valence-electron chi connectivity index (χ2n) is 4.81. The molecule has 3 heteroatoms. The lowest BCUT2D eigenvalue weighted by molar-refractivity contribution is 1.21. The number of aryl methyl sites for hydroxylation is 1. The van der Waals surface area contributed by atoms with Crippen LogP contribution in [0.15, 0.2) is 59.5 Å². The van der Waals surface area contributed by atoms with Crippen molar-refractivity contribution < 1.29 is 0 Å². The molecule has 0 amide bonds. The highest BCUT2D eigenvalue weighted by molar-refractivity contribution is 7.98. The average molecular weight is 280 g/mol. The molecule has 1 heterocycles. The predicted molar refractivity (Wildman–Crippen MR) is 86.9 cm³/mol. The molecule has 100 valence electrons. The fraction of sp³-hybridized carbons (Fsp3) is 0.118. The number of thioether (sulfide) groups is 1. The first-order chi connectivity index (χ1) is 9.72. The van der Waals surface area contributed by atoms with Crippen molar-refractivity contribution in [3.63, 3.8) is 0 Å². The Morgan fingerprint density at radius 1 is 1.05 bits per heavy atom. The molecule has 0 saturated heterocycles. The lowest BCUT2D eigenvalue weighted by atomic mass is 10.2. The third kappa shape index (κ3) is 2.78. The van der Waals surface area contributed by atoms with Crippen LogP contribution in [0.5, 0.6) is 0 Å². The Bertz CT molecular complexity index is 753. The molecule has 0 unspecified atom stereocenters. The fourth-order valence-corrected chi connectivity index (χ4v) is 3.09. The van der Waals surface area contributed by atoms with Gasteiger partial charge < -0.3 is 5.73 Å². The number of hydrogen-bond acceptors (Lipinski definition) is 3. The molecule has 0 saturated carbocycles. The largest absolute Gasteiger partial charge is 0.399 e. The number of aromatic nitrogens is 1. The molecule has 1 aromatic heterocycles. The first-order valence-corrected chi connectivity index (χ1v) is 7.54. The van der Waals surface area contributed by atoms with E-state index in [1.165, 1.54) is 15.8 Å². The highest BCUT2D eigenvalue weighted by atomic mass is 32.2. The van der Waals surface area contributed by atoms with E-state index >= 15 is 0 Å². The van der Waals surface area contributed by atoms with Gasteiger partial charge in [-0.15, -0.1) is 11.8 Å². The van der Waals surface area contributed by atoms with Gasteiger partial charge in [-0.2, -0.15) is 0 Å². The zero-order valence-corrected chi connectivity index (χ0v) is 12.2. The minimum atomic E-state index is 0.810. The zero-order valence-electron chi connectivity index (χ0n) is 11.3. The second kappa shape index (κ2) is 5.55. The first-order valence-electron chi connectivity index (χ1n) is 6.56. The highest BCUT2D eigenvalue weighted by Gasteiger charge is 2.03. The molecule has 0 aliphatic rings. The van der Waals surface area contributed by atoms with E-state index in [0.29, 0.717) is 0 Å². The van der Waals surface area contributed by atoms with E-state index in [1.807, 2.05) is 24.3 Å². The fourth-order valence-electron chi connectivity index (χ4n) is 2.11. The summed E-state index contributed by atoms with van der Waals surface area (Å²) in [4.78, 5) is 5.91. The van der Waals surface area contributed by atoms with E-state index in [0.717, 1.165) is 22.7 Å². The number of para-hydroxylation sites is 1. The quantitative estimate of drug-likeness (QED) is 0.570. The number of nitrogens with two attached hydrogens (primary N) is 1. The van der Waals surface area contributed by atoms with Crippen LogP contribution in [0.3, 0.4) is 0 Å². The Balaban J connectivity index is 1.81. The van der Waals surface area contributed by atoms with Crippen LogP contribution in [-0.2, 0) is 5.75 Å². The van der Waals surface area contributed by atoms with Crippen molar-refractivity contribution in [2.24, 2.45) is 0 Å². The topological polar surface area (TPSA) is 38.9 Å². The molecule has 0 radical (unpaired) electrons. The van der Waals surface area contributed by atoms with Crippen LogP contribution in [-0.4, -0.2) is 4.98 Å². The third-order valence-corrected chi connectivity index (χ3v) is 4.43. The van der Waals surface area contributed by atoms with Crippen LogP contribution < -0.4 is 5.73 Å². The summed E-state index contributed by atoms with van der Waals surface area (Å²) < 4.78 is 0. The van der Waals surface area contributed by atoms with Gasteiger partial charge >= 0.3 is 0 Å². The Morgan fingerprint density at radius 2 is 1.90 bits per heavy atom. The number of nitrogens with zero attached hydrogens (tertiary/aromatic N) is 1. The standard InChI is InChI=1S/C17H16N2S/c1-12-6-8-14(18)10-17(12)20-11-15-9-7-13-4-2-3-5-16(13)19-15/h2-10H,11,18H2,1H3. The number of pyridine rings is 1. The number of rotatable bonds is 3. The number of anilines is 1. The molecule has 0 atom stereocenters. The van der Waals surface area contributed by atoms with Gasteiger partial charge in [0, 0.05) is 21.7 Å². The molecule has 3 aromatic rings. The van der Waals surface area contributed by atoms with Gasteiger partial charge in [-0.25, -0.2) is 0 Å². The number of hydrogen-bond donors (Lipinski definition) is 1. The van der Waals surface area contributed by atoms with Crippen LogP contribution in [0, 0.1) is 6.92 Å². The maximum absolute atomic E-state index is 5.84. The minimum Gasteiger partial charge on any atom is -0.399 e. The summed E-state index contributed by atoms with van der Waals surface area (Å²) in [5.41, 5.74) is 10.1. The summed E-state index contributed by atoms with van der Waals surface area (Å²) in [7, 11) is 0. The van der Waals surface area contributed by atoms with Gasteiger partial charge in [-0.1, -0.05) is 30.3 Å². The SMILES string of the molecule is Cc1ccc(N)cc1SCc1ccc2ccccc2n1. The van der Waals surface area contributed by atoms with Crippen LogP contribution in [0.25, 0.3) is 10.9 Å². The normalized spacial score (nSPS) is 10.8. The summed E-state index contributed by atoms with van der Waals surface area (Å²) >= 11 is 1.78. The zero-order chi connectivity index (χ0) is 13.9. The highest BCUT2D eigenvalue weighted by Crippen LogP contribution is 2.27. The number of fused-ring (bicyclic) bond motifs is 1. The molecule has 2 N–H and O–H groups in total. The molecule has 0 aliphatic heterocycles. The summed E-state index contributed by atoms with van der Waals surface area (Å²) in [6.45, 7) is 2.11. The average Bonchev–Trinajstić information content (AvgIpc) is 2.48.